The number of urea groups is 1. The summed E-state index contributed by atoms with van der Waals surface area (Å²) in [6, 6.07) is 5.00. The van der Waals surface area contributed by atoms with E-state index >= 15 is 0 Å². The van der Waals surface area contributed by atoms with Crippen molar-refractivity contribution >= 4 is 23.3 Å². The molecule has 8 nitrogen and oxygen atoms in total. The van der Waals surface area contributed by atoms with Crippen LogP contribution in [0.4, 0.5) is 16.2 Å². The summed E-state index contributed by atoms with van der Waals surface area (Å²) in [5, 5.41) is 5.60. The number of methoxy groups -OCH3 is 2. The molecule has 0 aromatic heterocycles. The van der Waals surface area contributed by atoms with Gasteiger partial charge in [0.1, 0.15) is 12.4 Å². The number of ether oxygens (including phenoxy) is 3. The van der Waals surface area contributed by atoms with Crippen LogP contribution >= 0.6 is 0 Å². The molecule has 2 rings (SSSR count). The van der Waals surface area contributed by atoms with E-state index < -0.39 is 0 Å². The minimum absolute atomic E-state index is 0.0633. The Morgan fingerprint density at radius 2 is 2.12 bits per heavy atom. The third kappa shape index (κ3) is 5.34. The van der Waals surface area contributed by atoms with Crippen molar-refractivity contribution in [2.75, 3.05) is 51.2 Å². The van der Waals surface area contributed by atoms with Crippen LogP contribution in [0.3, 0.4) is 0 Å². The molecule has 0 saturated carbocycles. The molecule has 1 aliphatic heterocycles. The molecule has 1 aromatic rings. The predicted octanol–water partition coefficient (Wildman–Crippen LogP) is 2.31. The maximum atomic E-state index is 12.7. The van der Waals surface area contributed by atoms with Crippen molar-refractivity contribution in [3.05, 3.63) is 18.2 Å². The van der Waals surface area contributed by atoms with Crippen LogP contribution < -0.4 is 15.4 Å². The number of rotatable bonds is 7. The highest BCUT2D eigenvalue weighted by molar-refractivity contribution is 5.95. The van der Waals surface area contributed by atoms with E-state index in [9.17, 15) is 9.59 Å². The van der Waals surface area contributed by atoms with E-state index in [2.05, 4.69) is 17.6 Å². The lowest BCUT2D eigenvalue weighted by Crippen LogP contribution is -2.50. The fourth-order valence-corrected chi connectivity index (χ4v) is 2.89. The monoisotopic (exact) mass is 365 g/mol. The van der Waals surface area contributed by atoms with Gasteiger partial charge in [0.15, 0.2) is 0 Å². The summed E-state index contributed by atoms with van der Waals surface area (Å²) in [5.41, 5.74) is 1.05. The van der Waals surface area contributed by atoms with E-state index in [0.717, 1.165) is 12.8 Å². The zero-order valence-electron chi connectivity index (χ0n) is 15.5. The molecule has 2 N–H and O–H groups in total. The fraction of sp³-hybridized carbons (Fsp3) is 0.556. The molecule has 8 heteroatoms. The minimum atomic E-state index is -0.300. The smallest absolute Gasteiger partial charge is 0.322 e. The van der Waals surface area contributed by atoms with Crippen molar-refractivity contribution in [3.8, 4) is 5.75 Å². The van der Waals surface area contributed by atoms with Crippen LogP contribution in [-0.4, -0.2) is 63.5 Å². The number of benzene rings is 1. The Labute approximate surface area is 153 Å². The predicted molar refractivity (Wildman–Crippen MR) is 98.7 cm³/mol. The molecular weight excluding hydrogens is 338 g/mol. The van der Waals surface area contributed by atoms with Crippen LogP contribution in [-0.2, 0) is 14.3 Å². The summed E-state index contributed by atoms with van der Waals surface area (Å²) < 4.78 is 15.6. The molecule has 26 heavy (non-hydrogen) atoms. The molecule has 3 amide bonds. The number of hydrogen-bond acceptors (Lipinski definition) is 5. The van der Waals surface area contributed by atoms with Crippen molar-refractivity contribution in [2.45, 2.75) is 25.8 Å². The van der Waals surface area contributed by atoms with Crippen LogP contribution in [0, 0.1) is 0 Å². The Kier molecular flexibility index (Phi) is 7.68. The first-order chi connectivity index (χ1) is 12.6. The second kappa shape index (κ2) is 9.98. The van der Waals surface area contributed by atoms with Gasteiger partial charge in [0.05, 0.1) is 32.1 Å². The molecule has 1 heterocycles. The molecule has 0 spiro atoms. The molecule has 0 bridgehead atoms. The van der Waals surface area contributed by atoms with Crippen LogP contribution in [0.1, 0.15) is 19.8 Å². The summed E-state index contributed by atoms with van der Waals surface area (Å²) in [6.07, 6.45) is 1.88. The van der Waals surface area contributed by atoms with Gasteiger partial charge in [0.25, 0.3) is 0 Å². The van der Waals surface area contributed by atoms with Crippen LogP contribution in [0.5, 0.6) is 5.75 Å². The van der Waals surface area contributed by atoms with Gasteiger partial charge in [-0.05, 0) is 24.6 Å². The summed E-state index contributed by atoms with van der Waals surface area (Å²) in [5.74, 6) is 0.202. The molecule has 1 saturated heterocycles. The summed E-state index contributed by atoms with van der Waals surface area (Å²) >= 11 is 0. The molecule has 144 valence electrons. The molecule has 0 aliphatic carbocycles. The van der Waals surface area contributed by atoms with Crippen LogP contribution in [0.2, 0.25) is 0 Å². The number of anilines is 2. The van der Waals surface area contributed by atoms with Gasteiger partial charge in [-0.2, -0.15) is 0 Å². The number of carbonyl (C=O) groups is 2. The fourth-order valence-electron chi connectivity index (χ4n) is 2.89. The first kappa shape index (κ1) is 20.0. The number of carbonyl (C=O) groups excluding carboxylic acids is 2. The van der Waals surface area contributed by atoms with Gasteiger partial charge in [-0.1, -0.05) is 13.3 Å². The zero-order valence-corrected chi connectivity index (χ0v) is 15.5. The lowest BCUT2D eigenvalue weighted by molar-refractivity contribution is -0.119. The third-order valence-corrected chi connectivity index (χ3v) is 4.11. The summed E-state index contributed by atoms with van der Waals surface area (Å²) in [4.78, 5) is 26.2. The summed E-state index contributed by atoms with van der Waals surface area (Å²) in [6.45, 7) is 3.68. The molecule has 1 atom stereocenters. The van der Waals surface area contributed by atoms with Gasteiger partial charge in [-0.25, -0.2) is 4.79 Å². The van der Waals surface area contributed by atoms with E-state index in [0.29, 0.717) is 36.9 Å². The number of amides is 3. The second-order valence-electron chi connectivity index (χ2n) is 6.04. The first-order valence-corrected chi connectivity index (χ1v) is 8.71. The highest BCUT2D eigenvalue weighted by Crippen LogP contribution is 2.28. The van der Waals surface area contributed by atoms with Gasteiger partial charge in [-0.15, -0.1) is 0 Å². The van der Waals surface area contributed by atoms with E-state index in [1.165, 1.54) is 14.2 Å². The lowest BCUT2D eigenvalue weighted by Gasteiger charge is -2.35. The first-order valence-electron chi connectivity index (χ1n) is 8.71. The highest BCUT2D eigenvalue weighted by atomic mass is 16.5. The Bertz CT molecular complexity index is 621. The minimum Gasteiger partial charge on any atom is -0.495 e. The lowest BCUT2D eigenvalue weighted by atomic mass is 10.1. The molecule has 0 radical (unpaired) electrons. The quantitative estimate of drug-likeness (QED) is 0.774. The Hall–Kier alpha value is -2.32. The average Bonchev–Trinajstić information content (AvgIpc) is 2.63. The van der Waals surface area contributed by atoms with Gasteiger partial charge in [-0.3, -0.25) is 4.79 Å². The normalized spacial score (nSPS) is 16.9. The van der Waals surface area contributed by atoms with E-state index in [1.807, 2.05) is 0 Å². The zero-order chi connectivity index (χ0) is 18.9. The summed E-state index contributed by atoms with van der Waals surface area (Å²) in [7, 11) is 2.96. The van der Waals surface area contributed by atoms with E-state index in [-0.39, 0.29) is 24.6 Å². The SMILES string of the molecule is CCC[C@H]1COCCN1C(=O)Nc1ccc(OC)c(NC(=O)COC)c1. The average molecular weight is 365 g/mol. The van der Waals surface area contributed by atoms with Crippen LogP contribution in [0.15, 0.2) is 18.2 Å². The maximum Gasteiger partial charge on any atom is 0.322 e. The van der Waals surface area contributed by atoms with Crippen LogP contribution in [0.25, 0.3) is 0 Å². The van der Waals surface area contributed by atoms with Crippen molar-refractivity contribution in [1.82, 2.24) is 4.90 Å². The molecular formula is C18H27N3O5. The number of nitrogens with zero attached hydrogens (tertiary/aromatic N) is 1. The third-order valence-electron chi connectivity index (χ3n) is 4.11. The van der Waals surface area contributed by atoms with Gasteiger partial charge in [0, 0.05) is 19.3 Å². The highest BCUT2D eigenvalue weighted by Gasteiger charge is 2.26. The van der Waals surface area contributed by atoms with Crippen molar-refractivity contribution in [1.29, 1.82) is 0 Å². The van der Waals surface area contributed by atoms with E-state index in [1.54, 1.807) is 23.1 Å². The second-order valence-corrected chi connectivity index (χ2v) is 6.04. The maximum absolute atomic E-state index is 12.7. The van der Waals surface area contributed by atoms with Crippen molar-refractivity contribution in [2.24, 2.45) is 0 Å². The molecule has 1 aliphatic rings. The molecule has 0 unspecified atom stereocenters. The number of nitrogens with one attached hydrogen (secondary N) is 2. The van der Waals surface area contributed by atoms with Gasteiger partial charge >= 0.3 is 6.03 Å². The van der Waals surface area contributed by atoms with Gasteiger partial charge < -0.3 is 29.7 Å². The Balaban J connectivity index is 2.10. The number of hydrogen-bond donors (Lipinski definition) is 2. The van der Waals surface area contributed by atoms with Crippen molar-refractivity contribution < 1.29 is 23.8 Å². The Morgan fingerprint density at radius 1 is 1.31 bits per heavy atom. The van der Waals surface area contributed by atoms with E-state index in [4.69, 9.17) is 14.2 Å². The van der Waals surface area contributed by atoms with Crippen molar-refractivity contribution in [3.63, 3.8) is 0 Å². The largest absolute Gasteiger partial charge is 0.495 e. The number of morpholine rings is 1. The molecule has 1 aromatic carbocycles. The molecule has 1 fully saturated rings. The standard InChI is InChI=1S/C18H27N3O5/c1-4-5-14-11-26-9-8-21(14)18(23)19-13-6-7-16(25-3)15(10-13)20-17(22)12-24-2/h6-7,10,14H,4-5,8-9,11-12H2,1-3H3,(H,19,23)(H,20,22)/t14-/m0/s1. The Morgan fingerprint density at radius 3 is 2.81 bits per heavy atom. The van der Waals surface area contributed by atoms with Gasteiger partial charge in [0.2, 0.25) is 5.91 Å². The topological polar surface area (TPSA) is 89.1 Å².